The molecule has 0 spiro atoms. The van der Waals surface area contributed by atoms with Crippen LogP contribution in [0.5, 0.6) is 0 Å². The number of carbonyl (C=O) groups excluding carboxylic acids is 2. The third-order valence-corrected chi connectivity index (χ3v) is 5.42. The summed E-state index contributed by atoms with van der Waals surface area (Å²) in [6.07, 6.45) is 3.33. The molecule has 2 aliphatic heterocycles. The summed E-state index contributed by atoms with van der Waals surface area (Å²) in [5.74, 6) is 1.45. The highest BCUT2D eigenvalue weighted by Crippen LogP contribution is 2.33. The lowest BCUT2D eigenvalue weighted by Gasteiger charge is -2.16. The Morgan fingerprint density at radius 1 is 1.36 bits per heavy atom. The average molecular weight is 325 g/mol. The molecule has 3 heterocycles. The minimum atomic E-state index is -0.0545. The van der Waals surface area contributed by atoms with Crippen molar-refractivity contribution in [2.24, 2.45) is 0 Å². The van der Waals surface area contributed by atoms with Gasteiger partial charge in [0.05, 0.1) is 18.6 Å². The van der Waals surface area contributed by atoms with Gasteiger partial charge < -0.3 is 16.0 Å². The SMILES string of the molecule is O=C(CCCC[C@@H]1SC[C@@H]2NC(=O)N[C@@H]21)NCc1nn[nH]n1. The molecule has 2 saturated heterocycles. The first-order chi connectivity index (χ1) is 10.7. The summed E-state index contributed by atoms with van der Waals surface area (Å²) in [5, 5.41) is 22.4. The fourth-order valence-electron chi connectivity index (χ4n) is 2.80. The van der Waals surface area contributed by atoms with Gasteiger partial charge in [0.1, 0.15) is 0 Å². The molecular formula is C12H19N7O2S. The Labute approximate surface area is 131 Å². The first kappa shape index (κ1) is 15.1. The van der Waals surface area contributed by atoms with Crippen LogP contribution in [-0.2, 0) is 11.3 Å². The third-order valence-electron chi connectivity index (χ3n) is 3.91. The van der Waals surface area contributed by atoms with Crippen LogP contribution in [0.1, 0.15) is 31.5 Å². The van der Waals surface area contributed by atoms with Gasteiger partial charge >= 0.3 is 6.03 Å². The summed E-state index contributed by atoms with van der Waals surface area (Å²) in [6.45, 7) is 0.301. The molecule has 3 atom stereocenters. The van der Waals surface area contributed by atoms with E-state index in [-0.39, 0.29) is 24.0 Å². The molecule has 2 aliphatic rings. The van der Waals surface area contributed by atoms with Gasteiger partial charge in [-0.2, -0.15) is 17.0 Å². The number of nitrogens with zero attached hydrogens (tertiary/aromatic N) is 3. The highest BCUT2D eigenvalue weighted by Gasteiger charge is 2.42. The van der Waals surface area contributed by atoms with Crippen LogP contribution in [-0.4, -0.2) is 55.6 Å². The highest BCUT2D eigenvalue weighted by atomic mass is 32.2. The second kappa shape index (κ2) is 6.95. The summed E-state index contributed by atoms with van der Waals surface area (Å²) in [7, 11) is 0. The van der Waals surface area contributed by atoms with Crippen molar-refractivity contribution < 1.29 is 9.59 Å². The first-order valence-electron chi connectivity index (χ1n) is 7.40. The van der Waals surface area contributed by atoms with E-state index in [1.165, 1.54) is 0 Å². The molecule has 0 aliphatic carbocycles. The van der Waals surface area contributed by atoms with E-state index in [9.17, 15) is 9.59 Å². The van der Waals surface area contributed by atoms with Gasteiger partial charge in [-0.3, -0.25) is 4.79 Å². The summed E-state index contributed by atoms with van der Waals surface area (Å²) in [4.78, 5) is 23.0. The number of aromatic nitrogens is 4. The van der Waals surface area contributed by atoms with Crippen LogP contribution in [0.4, 0.5) is 4.79 Å². The maximum absolute atomic E-state index is 11.7. The molecule has 120 valence electrons. The molecule has 4 N–H and O–H groups in total. The molecule has 0 bridgehead atoms. The Bertz CT molecular complexity index is 524. The molecule has 1 aromatic heterocycles. The van der Waals surface area contributed by atoms with E-state index in [0.29, 0.717) is 24.0 Å². The normalized spacial score (nSPS) is 26.4. The van der Waals surface area contributed by atoms with Crippen molar-refractivity contribution in [3.8, 4) is 0 Å². The number of thioether (sulfide) groups is 1. The summed E-state index contributed by atoms with van der Waals surface area (Å²) in [6, 6.07) is 0.450. The molecule has 9 nitrogen and oxygen atoms in total. The van der Waals surface area contributed by atoms with E-state index in [1.54, 1.807) is 0 Å². The number of nitrogens with one attached hydrogen (secondary N) is 4. The summed E-state index contributed by atoms with van der Waals surface area (Å²) < 4.78 is 0. The Kier molecular flexibility index (Phi) is 4.76. The topological polar surface area (TPSA) is 125 Å². The Hall–Kier alpha value is -1.84. The minimum Gasteiger partial charge on any atom is -0.349 e. The molecule has 22 heavy (non-hydrogen) atoms. The van der Waals surface area contributed by atoms with Crippen molar-refractivity contribution in [3.63, 3.8) is 0 Å². The monoisotopic (exact) mass is 325 g/mol. The number of carbonyl (C=O) groups is 2. The number of urea groups is 1. The predicted octanol–water partition coefficient (Wildman–Crippen LogP) is -0.458. The highest BCUT2D eigenvalue weighted by molar-refractivity contribution is 8.00. The van der Waals surface area contributed by atoms with Crippen LogP contribution in [0.2, 0.25) is 0 Å². The Balaban J connectivity index is 1.29. The van der Waals surface area contributed by atoms with Crippen molar-refractivity contribution in [2.75, 3.05) is 5.75 Å². The lowest BCUT2D eigenvalue weighted by atomic mass is 10.0. The van der Waals surface area contributed by atoms with Gasteiger partial charge in [-0.05, 0) is 12.8 Å². The molecule has 2 fully saturated rings. The smallest absolute Gasteiger partial charge is 0.315 e. The number of rotatable bonds is 7. The van der Waals surface area contributed by atoms with E-state index in [1.807, 2.05) is 11.8 Å². The second-order valence-corrected chi connectivity index (χ2v) is 6.74. The lowest BCUT2D eigenvalue weighted by Crippen LogP contribution is -2.36. The third kappa shape index (κ3) is 3.67. The van der Waals surface area contributed by atoms with E-state index < -0.39 is 0 Å². The number of amides is 3. The Morgan fingerprint density at radius 2 is 2.27 bits per heavy atom. The zero-order valence-electron chi connectivity index (χ0n) is 12.0. The number of hydrogen-bond donors (Lipinski definition) is 4. The maximum Gasteiger partial charge on any atom is 0.315 e. The molecule has 1 aromatic rings. The van der Waals surface area contributed by atoms with E-state index in [4.69, 9.17) is 0 Å². The Morgan fingerprint density at radius 3 is 3.09 bits per heavy atom. The molecule has 10 heteroatoms. The quantitative estimate of drug-likeness (QED) is 0.397. The average Bonchev–Trinajstić information content (AvgIpc) is 3.19. The number of hydrogen-bond acceptors (Lipinski definition) is 6. The zero-order chi connectivity index (χ0) is 15.4. The van der Waals surface area contributed by atoms with Crippen LogP contribution < -0.4 is 16.0 Å². The van der Waals surface area contributed by atoms with Crippen LogP contribution in [0.15, 0.2) is 0 Å². The number of fused-ring (bicyclic) bond motifs is 1. The summed E-state index contributed by atoms with van der Waals surface area (Å²) in [5.41, 5.74) is 0. The largest absolute Gasteiger partial charge is 0.349 e. The van der Waals surface area contributed by atoms with Gasteiger partial charge in [-0.15, -0.1) is 10.2 Å². The summed E-state index contributed by atoms with van der Waals surface area (Å²) >= 11 is 1.90. The fourth-order valence-corrected chi connectivity index (χ4v) is 4.34. The van der Waals surface area contributed by atoms with E-state index >= 15 is 0 Å². The number of H-pyrrole nitrogens is 1. The minimum absolute atomic E-state index is 0.00223. The lowest BCUT2D eigenvalue weighted by molar-refractivity contribution is -0.121. The fraction of sp³-hybridized carbons (Fsp3) is 0.750. The van der Waals surface area contributed by atoms with Crippen LogP contribution in [0.3, 0.4) is 0 Å². The van der Waals surface area contributed by atoms with E-state index in [2.05, 4.69) is 36.6 Å². The van der Waals surface area contributed by atoms with E-state index in [0.717, 1.165) is 25.0 Å². The van der Waals surface area contributed by atoms with Crippen molar-refractivity contribution >= 4 is 23.7 Å². The first-order valence-corrected chi connectivity index (χ1v) is 8.45. The maximum atomic E-state index is 11.7. The zero-order valence-corrected chi connectivity index (χ0v) is 12.9. The molecule has 0 saturated carbocycles. The molecule has 3 amide bonds. The number of aromatic amines is 1. The molecule has 0 unspecified atom stereocenters. The van der Waals surface area contributed by atoms with Gasteiger partial charge in [-0.25, -0.2) is 4.79 Å². The van der Waals surface area contributed by atoms with Crippen LogP contribution in [0.25, 0.3) is 0 Å². The van der Waals surface area contributed by atoms with Gasteiger partial charge in [0.15, 0.2) is 5.82 Å². The van der Waals surface area contributed by atoms with Gasteiger partial charge in [-0.1, -0.05) is 11.6 Å². The van der Waals surface area contributed by atoms with Crippen molar-refractivity contribution in [2.45, 2.75) is 49.6 Å². The molecule has 3 rings (SSSR count). The van der Waals surface area contributed by atoms with Gasteiger partial charge in [0, 0.05) is 17.4 Å². The van der Waals surface area contributed by atoms with Gasteiger partial charge in [0.25, 0.3) is 0 Å². The van der Waals surface area contributed by atoms with Crippen molar-refractivity contribution in [1.29, 1.82) is 0 Å². The second-order valence-electron chi connectivity index (χ2n) is 5.47. The number of tetrazole rings is 1. The van der Waals surface area contributed by atoms with Crippen molar-refractivity contribution in [3.05, 3.63) is 5.82 Å². The molecular weight excluding hydrogens is 306 g/mol. The van der Waals surface area contributed by atoms with Crippen LogP contribution in [0, 0.1) is 0 Å². The molecule has 0 radical (unpaired) electrons. The molecule has 0 aromatic carbocycles. The van der Waals surface area contributed by atoms with Crippen LogP contribution >= 0.6 is 11.8 Å². The van der Waals surface area contributed by atoms with Crippen molar-refractivity contribution in [1.82, 2.24) is 36.6 Å². The predicted molar refractivity (Wildman–Crippen MR) is 80.0 cm³/mol. The van der Waals surface area contributed by atoms with Gasteiger partial charge in [0.2, 0.25) is 5.91 Å². The standard InChI is InChI=1S/C12H19N7O2S/c20-10(13-5-9-16-18-19-17-9)4-2-1-3-8-11-7(6-22-8)14-12(21)15-11/h7-8,11H,1-6H2,(H,13,20)(H2,14,15,21)(H,16,17,18,19)/t7-,8-,11-/m0/s1. The number of unbranched alkanes of at least 4 members (excludes halogenated alkanes) is 1.